The predicted molar refractivity (Wildman–Crippen MR) is 120 cm³/mol. The van der Waals surface area contributed by atoms with E-state index in [1.807, 2.05) is 14.1 Å². The maximum Gasteiger partial charge on any atom is 0.384 e. The second-order valence-corrected chi connectivity index (χ2v) is 7.93. The standard InChI is InChI=1S/C23H24N3O4S.BrH/c1-25(2)15-24-23-26(13-20(27)16-5-9-18(29-3)10-6-16)14-21(31-23)22(28)17-7-11-19(30-4)12-8-17;/h5-12,14-15H,13H2,1-4H3;1H/q+1;/p-1. The van der Waals surface area contributed by atoms with E-state index < -0.39 is 0 Å². The quantitative estimate of drug-likeness (QED) is 0.178. The molecule has 3 rings (SSSR count). The average molecular weight is 518 g/mol. The summed E-state index contributed by atoms with van der Waals surface area (Å²) in [5.74, 6) is 1.14. The topological polar surface area (TPSA) is 72.1 Å². The van der Waals surface area contributed by atoms with Gasteiger partial charge >= 0.3 is 5.13 Å². The number of Topliss-reactive ketones (excluding diaryl/α,β-unsaturated/α-hetero) is 1. The lowest BCUT2D eigenvalue weighted by molar-refractivity contribution is -0.666. The van der Waals surface area contributed by atoms with Crippen molar-refractivity contribution < 1.29 is 40.6 Å². The van der Waals surface area contributed by atoms with Crippen LogP contribution in [0.4, 0.5) is 5.13 Å². The molecule has 0 bridgehead atoms. The van der Waals surface area contributed by atoms with Gasteiger partial charge in [0.1, 0.15) is 22.6 Å². The smallest absolute Gasteiger partial charge is 0.384 e. The molecule has 0 radical (unpaired) electrons. The Hall–Kier alpha value is -3.04. The minimum atomic E-state index is -0.135. The van der Waals surface area contributed by atoms with Crippen LogP contribution in [-0.4, -0.2) is 51.1 Å². The summed E-state index contributed by atoms with van der Waals surface area (Å²) < 4.78 is 12.0. The summed E-state index contributed by atoms with van der Waals surface area (Å²) in [6, 6.07) is 13.9. The van der Waals surface area contributed by atoms with Gasteiger partial charge in [0.25, 0.3) is 0 Å². The van der Waals surface area contributed by atoms with Gasteiger partial charge in [0.15, 0.2) is 6.54 Å². The van der Waals surface area contributed by atoms with E-state index in [-0.39, 0.29) is 35.1 Å². The molecule has 9 heteroatoms. The lowest BCUT2D eigenvalue weighted by atomic mass is 10.1. The summed E-state index contributed by atoms with van der Waals surface area (Å²) in [5, 5.41) is 0.562. The van der Waals surface area contributed by atoms with Gasteiger partial charge in [-0.25, -0.2) is 4.57 Å². The van der Waals surface area contributed by atoms with Crippen LogP contribution in [0, 0.1) is 0 Å². The first-order chi connectivity index (χ1) is 14.9. The van der Waals surface area contributed by atoms with Crippen molar-refractivity contribution in [3.8, 4) is 11.5 Å². The Morgan fingerprint density at radius 2 is 1.50 bits per heavy atom. The van der Waals surface area contributed by atoms with Crippen molar-refractivity contribution in [1.82, 2.24) is 4.90 Å². The molecule has 2 aromatic carbocycles. The third kappa shape index (κ3) is 6.24. The highest BCUT2D eigenvalue weighted by Gasteiger charge is 2.23. The second kappa shape index (κ2) is 11.5. The zero-order chi connectivity index (χ0) is 22.4. The number of hydrogen-bond donors (Lipinski definition) is 0. The first-order valence-corrected chi connectivity index (χ1v) is 10.3. The van der Waals surface area contributed by atoms with Crippen LogP contribution < -0.4 is 31.0 Å². The van der Waals surface area contributed by atoms with Gasteiger partial charge in [0.05, 0.1) is 14.2 Å². The zero-order valence-electron chi connectivity index (χ0n) is 18.2. The number of ether oxygens (including phenoxy) is 2. The summed E-state index contributed by atoms with van der Waals surface area (Å²) in [6.07, 6.45) is 3.32. The van der Waals surface area contributed by atoms with Gasteiger partial charge < -0.3 is 31.4 Å². The largest absolute Gasteiger partial charge is 1.00 e. The average Bonchev–Trinajstić information content (AvgIpc) is 3.19. The number of benzene rings is 2. The van der Waals surface area contributed by atoms with Crippen LogP contribution in [0.1, 0.15) is 25.6 Å². The van der Waals surface area contributed by atoms with E-state index in [0.29, 0.717) is 32.6 Å². The summed E-state index contributed by atoms with van der Waals surface area (Å²) in [4.78, 5) is 32.5. The number of halogens is 1. The van der Waals surface area contributed by atoms with Crippen molar-refractivity contribution in [3.05, 3.63) is 70.7 Å². The van der Waals surface area contributed by atoms with Gasteiger partial charge in [0, 0.05) is 25.2 Å². The molecule has 7 nitrogen and oxygen atoms in total. The van der Waals surface area contributed by atoms with Crippen molar-refractivity contribution in [1.29, 1.82) is 0 Å². The zero-order valence-corrected chi connectivity index (χ0v) is 20.6. The molecule has 0 aliphatic heterocycles. The lowest BCUT2D eigenvalue weighted by Crippen LogP contribution is -3.00. The molecule has 0 saturated heterocycles. The van der Waals surface area contributed by atoms with Crippen molar-refractivity contribution >= 4 is 34.4 Å². The Bertz CT molecular complexity index is 1090. The summed E-state index contributed by atoms with van der Waals surface area (Å²) in [6.45, 7) is 0.0683. The number of nitrogens with zero attached hydrogens (tertiary/aromatic N) is 3. The first kappa shape index (κ1) is 25.2. The number of carbonyl (C=O) groups is 2. The van der Waals surface area contributed by atoms with Gasteiger partial charge in [-0.05, 0) is 64.9 Å². The van der Waals surface area contributed by atoms with Gasteiger partial charge in [0.2, 0.25) is 17.9 Å². The molecule has 0 amide bonds. The predicted octanol–water partition coefficient (Wildman–Crippen LogP) is 0.392. The molecule has 3 aromatic rings. The van der Waals surface area contributed by atoms with Crippen molar-refractivity contribution in [3.63, 3.8) is 0 Å². The Labute approximate surface area is 201 Å². The van der Waals surface area contributed by atoms with Crippen LogP contribution in [0.5, 0.6) is 11.5 Å². The Balaban J connectivity index is 0.00000363. The molecule has 0 N–H and O–H groups in total. The van der Waals surface area contributed by atoms with Gasteiger partial charge in [-0.2, -0.15) is 0 Å². The number of hydrogen-bond acceptors (Lipinski definition) is 6. The Kier molecular flexibility index (Phi) is 9.10. The van der Waals surface area contributed by atoms with E-state index in [9.17, 15) is 9.59 Å². The number of carbonyl (C=O) groups excluding carboxylic acids is 2. The van der Waals surface area contributed by atoms with Crippen LogP contribution >= 0.6 is 11.3 Å². The third-order valence-electron chi connectivity index (χ3n) is 4.42. The van der Waals surface area contributed by atoms with Gasteiger partial charge in [-0.15, -0.1) is 0 Å². The third-order valence-corrected chi connectivity index (χ3v) is 5.45. The van der Waals surface area contributed by atoms with E-state index in [2.05, 4.69) is 4.99 Å². The van der Waals surface area contributed by atoms with Crippen molar-refractivity contribution in [2.75, 3.05) is 28.3 Å². The number of aliphatic imine (C=N–C) groups is 1. The van der Waals surface area contributed by atoms with E-state index in [0.717, 1.165) is 0 Å². The van der Waals surface area contributed by atoms with E-state index in [1.165, 1.54) is 11.3 Å². The number of ketones is 2. The molecule has 168 valence electrons. The summed E-state index contributed by atoms with van der Waals surface area (Å²) in [7, 11) is 6.86. The fraction of sp³-hybridized carbons (Fsp3) is 0.217. The second-order valence-electron chi connectivity index (χ2n) is 6.92. The molecule has 0 atom stereocenters. The van der Waals surface area contributed by atoms with Crippen LogP contribution in [-0.2, 0) is 6.54 Å². The van der Waals surface area contributed by atoms with Gasteiger partial charge in [-0.1, -0.05) is 0 Å². The first-order valence-electron chi connectivity index (χ1n) is 9.51. The molecular weight excluding hydrogens is 494 g/mol. The van der Waals surface area contributed by atoms with Crippen molar-refractivity contribution in [2.45, 2.75) is 6.54 Å². The van der Waals surface area contributed by atoms with E-state index >= 15 is 0 Å². The molecular formula is C23H24BrN3O4S. The Morgan fingerprint density at radius 1 is 0.969 bits per heavy atom. The maximum absolute atomic E-state index is 13.0. The maximum atomic E-state index is 13.0. The number of thiazole rings is 1. The molecule has 32 heavy (non-hydrogen) atoms. The lowest BCUT2D eigenvalue weighted by Gasteiger charge is -2.02. The fourth-order valence-corrected chi connectivity index (χ4v) is 3.69. The van der Waals surface area contributed by atoms with Crippen LogP contribution in [0.3, 0.4) is 0 Å². The van der Waals surface area contributed by atoms with Crippen LogP contribution in [0.25, 0.3) is 0 Å². The van der Waals surface area contributed by atoms with Crippen LogP contribution in [0.15, 0.2) is 59.7 Å². The number of rotatable bonds is 9. The van der Waals surface area contributed by atoms with E-state index in [1.54, 1.807) is 84.8 Å². The minimum absolute atomic E-state index is 0. The molecule has 0 aliphatic carbocycles. The molecule has 0 fully saturated rings. The monoisotopic (exact) mass is 517 g/mol. The molecule has 1 heterocycles. The highest BCUT2D eigenvalue weighted by Crippen LogP contribution is 2.24. The summed E-state index contributed by atoms with van der Waals surface area (Å²) >= 11 is 1.24. The highest BCUT2D eigenvalue weighted by atomic mass is 79.9. The molecule has 0 unspecified atom stereocenters. The molecule has 0 aliphatic rings. The van der Waals surface area contributed by atoms with E-state index in [4.69, 9.17) is 9.47 Å². The SMILES string of the molecule is COc1ccc(C(=O)C[n+]2cc(C(=O)c3ccc(OC)cc3)sc2N=CN(C)C)cc1.[Br-]. The fourth-order valence-electron chi connectivity index (χ4n) is 2.77. The summed E-state index contributed by atoms with van der Waals surface area (Å²) in [5.41, 5.74) is 1.10. The minimum Gasteiger partial charge on any atom is -1.00 e. The molecule has 0 spiro atoms. The van der Waals surface area contributed by atoms with Crippen LogP contribution in [0.2, 0.25) is 0 Å². The number of methoxy groups -OCH3 is 2. The normalized spacial score (nSPS) is 10.5. The highest BCUT2D eigenvalue weighted by molar-refractivity contribution is 7.17. The van der Waals surface area contributed by atoms with Crippen molar-refractivity contribution in [2.24, 2.45) is 4.99 Å². The number of aromatic nitrogens is 1. The Morgan fingerprint density at radius 3 is 2.00 bits per heavy atom. The molecule has 1 aromatic heterocycles. The van der Waals surface area contributed by atoms with Gasteiger partial charge in [-0.3, -0.25) is 9.59 Å². The molecule has 0 saturated carbocycles.